The molecule has 0 aliphatic rings. The Labute approximate surface area is 107 Å². The third-order valence-electron chi connectivity index (χ3n) is 2.48. The average molecular weight is 329 g/mol. The Hall–Kier alpha value is -1.11. The molecule has 2 heterocycles. The lowest BCUT2D eigenvalue weighted by Crippen LogP contribution is -2.20. The summed E-state index contributed by atoms with van der Waals surface area (Å²) in [5.41, 5.74) is 1.17. The molecule has 16 heavy (non-hydrogen) atoms. The predicted octanol–water partition coefficient (Wildman–Crippen LogP) is 1.43. The van der Waals surface area contributed by atoms with E-state index in [-0.39, 0.29) is 5.56 Å². The van der Waals surface area contributed by atoms with Gasteiger partial charge in [-0.3, -0.25) is 9.48 Å². The standard InChI is InChI=1S/C11H12IN3O/c1-14-10(4-6-13-14)5-7-15-8-9(12)2-3-11(15)16/h2-4,6,8H,5,7H2,1H3. The molecule has 2 aromatic rings. The van der Waals surface area contributed by atoms with Crippen LogP contribution in [0.25, 0.3) is 0 Å². The zero-order valence-corrected chi connectivity index (χ0v) is 11.1. The lowest BCUT2D eigenvalue weighted by Gasteiger charge is -2.06. The molecule has 0 saturated heterocycles. The fraction of sp³-hybridized carbons (Fsp3) is 0.273. The Morgan fingerprint density at radius 3 is 2.88 bits per heavy atom. The van der Waals surface area contributed by atoms with Crippen LogP contribution in [0.5, 0.6) is 0 Å². The quantitative estimate of drug-likeness (QED) is 0.800. The van der Waals surface area contributed by atoms with Gasteiger partial charge in [0.15, 0.2) is 0 Å². The topological polar surface area (TPSA) is 39.8 Å². The van der Waals surface area contributed by atoms with Crippen LogP contribution in [-0.4, -0.2) is 14.3 Å². The number of aromatic nitrogens is 3. The van der Waals surface area contributed by atoms with E-state index in [1.165, 1.54) is 0 Å². The number of hydrogen-bond acceptors (Lipinski definition) is 2. The van der Waals surface area contributed by atoms with Crippen molar-refractivity contribution in [3.8, 4) is 0 Å². The molecule has 0 unspecified atom stereocenters. The molecule has 0 N–H and O–H groups in total. The van der Waals surface area contributed by atoms with Crippen LogP contribution in [-0.2, 0) is 20.0 Å². The summed E-state index contributed by atoms with van der Waals surface area (Å²) in [6.45, 7) is 0.690. The predicted molar refractivity (Wildman–Crippen MR) is 70.3 cm³/mol. The molecule has 5 heteroatoms. The van der Waals surface area contributed by atoms with Crippen molar-refractivity contribution >= 4 is 22.6 Å². The first-order valence-electron chi connectivity index (χ1n) is 5.00. The molecule has 2 rings (SSSR count). The van der Waals surface area contributed by atoms with E-state index in [1.807, 2.05) is 30.1 Å². The molecule has 0 radical (unpaired) electrons. The van der Waals surface area contributed by atoms with E-state index in [2.05, 4.69) is 27.7 Å². The van der Waals surface area contributed by atoms with Crippen LogP contribution in [0, 0.1) is 3.57 Å². The number of aryl methyl sites for hydroxylation is 3. The first kappa shape index (κ1) is 11.4. The van der Waals surface area contributed by atoms with E-state index in [4.69, 9.17) is 0 Å². The Bertz CT molecular complexity index is 544. The van der Waals surface area contributed by atoms with E-state index >= 15 is 0 Å². The summed E-state index contributed by atoms with van der Waals surface area (Å²) >= 11 is 2.20. The van der Waals surface area contributed by atoms with Crippen LogP contribution in [0.2, 0.25) is 0 Å². The highest BCUT2D eigenvalue weighted by molar-refractivity contribution is 14.1. The van der Waals surface area contributed by atoms with Crippen LogP contribution >= 0.6 is 22.6 Å². The average Bonchev–Trinajstić information content (AvgIpc) is 2.66. The van der Waals surface area contributed by atoms with Crippen LogP contribution < -0.4 is 5.56 Å². The van der Waals surface area contributed by atoms with Gasteiger partial charge >= 0.3 is 0 Å². The summed E-state index contributed by atoms with van der Waals surface area (Å²) in [6.07, 6.45) is 4.46. The Morgan fingerprint density at radius 1 is 1.38 bits per heavy atom. The highest BCUT2D eigenvalue weighted by Crippen LogP contribution is 2.02. The zero-order chi connectivity index (χ0) is 11.5. The molecule has 0 aliphatic carbocycles. The van der Waals surface area contributed by atoms with Gasteiger partial charge in [-0.25, -0.2) is 0 Å². The molecule has 0 aliphatic heterocycles. The van der Waals surface area contributed by atoms with E-state index < -0.39 is 0 Å². The van der Waals surface area contributed by atoms with Crippen molar-refractivity contribution in [1.29, 1.82) is 0 Å². The van der Waals surface area contributed by atoms with Crippen molar-refractivity contribution in [2.75, 3.05) is 0 Å². The van der Waals surface area contributed by atoms with Crippen molar-refractivity contribution in [2.24, 2.45) is 7.05 Å². The normalized spacial score (nSPS) is 10.6. The summed E-state index contributed by atoms with van der Waals surface area (Å²) in [5, 5.41) is 4.10. The maximum Gasteiger partial charge on any atom is 0.250 e. The number of rotatable bonds is 3. The third kappa shape index (κ3) is 2.52. The summed E-state index contributed by atoms with van der Waals surface area (Å²) < 4.78 is 4.63. The van der Waals surface area contributed by atoms with E-state index in [9.17, 15) is 4.79 Å². The maximum absolute atomic E-state index is 11.6. The van der Waals surface area contributed by atoms with Gasteiger partial charge < -0.3 is 4.57 Å². The minimum Gasteiger partial charge on any atom is -0.314 e. The monoisotopic (exact) mass is 329 g/mol. The van der Waals surface area contributed by atoms with Gasteiger partial charge in [-0.05, 0) is 34.7 Å². The van der Waals surface area contributed by atoms with Crippen molar-refractivity contribution in [3.63, 3.8) is 0 Å². The minimum atomic E-state index is 0.0441. The van der Waals surface area contributed by atoms with Gasteiger partial charge in [-0.15, -0.1) is 0 Å². The molecular formula is C11H12IN3O. The van der Waals surface area contributed by atoms with Gasteiger partial charge in [0.1, 0.15) is 0 Å². The fourth-order valence-electron chi connectivity index (χ4n) is 1.56. The second-order valence-electron chi connectivity index (χ2n) is 3.58. The van der Waals surface area contributed by atoms with Crippen molar-refractivity contribution in [2.45, 2.75) is 13.0 Å². The highest BCUT2D eigenvalue weighted by atomic mass is 127. The largest absolute Gasteiger partial charge is 0.314 e. The molecule has 0 aromatic carbocycles. The van der Waals surface area contributed by atoms with Gasteiger partial charge in [0.2, 0.25) is 0 Å². The molecule has 0 fully saturated rings. The molecule has 0 spiro atoms. The zero-order valence-electron chi connectivity index (χ0n) is 8.93. The SMILES string of the molecule is Cn1nccc1CCn1cc(I)ccc1=O. The first-order valence-corrected chi connectivity index (χ1v) is 6.07. The minimum absolute atomic E-state index is 0.0441. The van der Waals surface area contributed by atoms with E-state index in [0.29, 0.717) is 6.54 Å². The van der Waals surface area contributed by atoms with Crippen molar-refractivity contribution in [3.05, 3.63) is 50.2 Å². The molecular weight excluding hydrogens is 317 g/mol. The van der Waals surface area contributed by atoms with Gasteiger partial charge in [0.05, 0.1) is 0 Å². The molecule has 2 aromatic heterocycles. The molecule has 0 amide bonds. The molecule has 0 saturated carbocycles. The smallest absolute Gasteiger partial charge is 0.250 e. The Balaban J connectivity index is 2.13. The summed E-state index contributed by atoms with van der Waals surface area (Å²) in [7, 11) is 1.91. The first-order chi connectivity index (χ1) is 7.66. The summed E-state index contributed by atoms with van der Waals surface area (Å²) in [6, 6.07) is 5.40. The highest BCUT2D eigenvalue weighted by Gasteiger charge is 2.01. The lowest BCUT2D eigenvalue weighted by atomic mass is 10.3. The van der Waals surface area contributed by atoms with E-state index in [0.717, 1.165) is 15.7 Å². The van der Waals surface area contributed by atoms with Crippen LogP contribution in [0.4, 0.5) is 0 Å². The van der Waals surface area contributed by atoms with Crippen LogP contribution in [0.1, 0.15) is 5.69 Å². The van der Waals surface area contributed by atoms with Gasteiger partial charge in [-0.2, -0.15) is 5.10 Å². The van der Waals surface area contributed by atoms with Gasteiger partial charge in [-0.1, -0.05) is 0 Å². The molecule has 4 nitrogen and oxygen atoms in total. The number of pyridine rings is 1. The summed E-state index contributed by atoms with van der Waals surface area (Å²) in [5.74, 6) is 0. The Morgan fingerprint density at radius 2 is 2.19 bits per heavy atom. The third-order valence-corrected chi connectivity index (χ3v) is 3.12. The number of halogens is 1. The lowest BCUT2D eigenvalue weighted by molar-refractivity contribution is 0.621. The van der Waals surface area contributed by atoms with Gasteiger partial charge in [0, 0.05) is 47.7 Å². The number of nitrogens with zero attached hydrogens (tertiary/aromatic N) is 3. The van der Waals surface area contributed by atoms with E-state index in [1.54, 1.807) is 16.8 Å². The fourth-order valence-corrected chi connectivity index (χ4v) is 2.07. The van der Waals surface area contributed by atoms with Gasteiger partial charge in [0.25, 0.3) is 5.56 Å². The van der Waals surface area contributed by atoms with Crippen LogP contribution in [0.3, 0.4) is 0 Å². The number of hydrogen-bond donors (Lipinski definition) is 0. The summed E-state index contributed by atoms with van der Waals surface area (Å²) in [4.78, 5) is 11.6. The second kappa shape index (κ2) is 4.82. The molecule has 84 valence electrons. The second-order valence-corrected chi connectivity index (χ2v) is 4.82. The van der Waals surface area contributed by atoms with Crippen LogP contribution in [0.15, 0.2) is 35.4 Å². The Kier molecular flexibility index (Phi) is 3.42. The molecule has 0 bridgehead atoms. The maximum atomic E-state index is 11.6. The van der Waals surface area contributed by atoms with Crippen molar-refractivity contribution < 1.29 is 0 Å². The molecule has 0 atom stereocenters. The van der Waals surface area contributed by atoms with Crippen molar-refractivity contribution in [1.82, 2.24) is 14.3 Å².